The molecule has 0 saturated carbocycles. The summed E-state index contributed by atoms with van der Waals surface area (Å²) in [5.74, 6) is 0.533. The lowest BCUT2D eigenvalue weighted by Gasteiger charge is -2.06. The number of nitrogens with zero attached hydrogens (tertiary/aromatic N) is 1. The van der Waals surface area contributed by atoms with Crippen LogP contribution in [-0.2, 0) is 6.42 Å². The third kappa shape index (κ3) is 4.67. The monoisotopic (exact) mass is 355 g/mol. The van der Waals surface area contributed by atoms with Crippen LogP contribution >= 0.6 is 11.3 Å². The van der Waals surface area contributed by atoms with Crippen molar-refractivity contribution in [3.05, 3.63) is 71.0 Å². The lowest BCUT2D eigenvalue weighted by atomic mass is 10.0. The molecule has 0 amide bonds. The van der Waals surface area contributed by atoms with Crippen molar-refractivity contribution in [3.63, 3.8) is 0 Å². The molecule has 0 saturated heterocycles. The summed E-state index contributed by atoms with van der Waals surface area (Å²) in [6, 6.07) is 15.1. The van der Waals surface area contributed by atoms with Crippen molar-refractivity contribution in [1.29, 1.82) is 0 Å². The van der Waals surface area contributed by atoms with Gasteiger partial charge in [-0.25, -0.2) is 9.37 Å². The molecule has 0 bridgehead atoms. The highest BCUT2D eigenvalue weighted by Crippen LogP contribution is 2.26. The van der Waals surface area contributed by atoms with Crippen molar-refractivity contribution in [2.45, 2.75) is 32.6 Å². The van der Waals surface area contributed by atoms with E-state index in [1.807, 2.05) is 0 Å². The maximum absolute atomic E-state index is 13.5. The Morgan fingerprint density at radius 1 is 1.08 bits per heavy atom. The highest BCUT2D eigenvalue weighted by atomic mass is 32.1. The lowest BCUT2D eigenvalue weighted by molar-refractivity contribution is 0.295. The molecule has 0 atom stereocenters. The largest absolute Gasteiger partial charge is 0.491 e. The van der Waals surface area contributed by atoms with E-state index in [1.54, 1.807) is 29.5 Å². The van der Waals surface area contributed by atoms with Crippen LogP contribution < -0.4 is 4.74 Å². The quantitative estimate of drug-likeness (QED) is 0.479. The molecule has 25 heavy (non-hydrogen) atoms. The van der Waals surface area contributed by atoms with Gasteiger partial charge in [0.05, 0.1) is 12.3 Å². The summed E-state index contributed by atoms with van der Waals surface area (Å²) in [4.78, 5) is 4.71. The van der Waals surface area contributed by atoms with Gasteiger partial charge in [-0.2, -0.15) is 0 Å². The fourth-order valence-corrected chi connectivity index (χ4v) is 3.42. The van der Waals surface area contributed by atoms with Crippen molar-refractivity contribution >= 4 is 11.3 Å². The van der Waals surface area contributed by atoms with E-state index >= 15 is 0 Å². The topological polar surface area (TPSA) is 22.1 Å². The molecular weight excluding hydrogens is 333 g/mol. The van der Waals surface area contributed by atoms with Gasteiger partial charge in [0.25, 0.3) is 0 Å². The minimum absolute atomic E-state index is 0.312. The third-order valence-corrected chi connectivity index (χ3v) is 4.99. The van der Waals surface area contributed by atoms with Gasteiger partial charge in [-0.15, -0.1) is 11.3 Å². The summed E-state index contributed by atoms with van der Waals surface area (Å²) in [6.45, 7) is 4.87. The van der Waals surface area contributed by atoms with Gasteiger partial charge in [0.2, 0.25) is 0 Å². The number of hydrogen-bond acceptors (Lipinski definition) is 3. The van der Waals surface area contributed by atoms with E-state index in [4.69, 9.17) is 9.72 Å². The molecule has 0 radical (unpaired) electrons. The van der Waals surface area contributed by atoms with Gasteiger partial charge in [0.15, 0.2) is 11.6 Å². The van der Waals surface area contributed by atoms with Crippen LogP contribution in [0.1, 0.15) is 37.4 Å². The predicted molar refractivity (Wildman–Crippen MR) is 102 cm³/mol. The number of aromatic nitrogens is 1. The normalized spacial score (nSPS) is 11.0. The first kappa shape index (κ1) is 17.6. The van der Waals surface area contributed by atoms with Crippen LogP contribution in [0.25, 0.3) is 10.6 Å². The van der Waals surface area contributed by atoms with E-state index in [2.05, 4.69) is 43.5 Å². The molecule has 4 heteroatoms. The predicted octanol–water partition coefficient (Wildman–Crippen LogP) is 6.08. The number of para-hydroxylation sites is 1. The molecule has 0 unspecified atom stereocenters. The fraction of sp³-hybridized carbons (Fsp3) is 0.286. The van der Waals surface area contributed by atoms with Crippen molar-refractivity contribution in [1.82, 2.24) is 4.98 Å². The average molecular weight is 355 g/mol. The Morgan fingerprint density at radius 3 is 2.56 bits per heavy atom. The van der Waals surface area contributed by atoms with Gasteiger partial charge < -0.3 is 4.74 Å². The van der Waals surface area contributed by atoms with Crippen molar-refractivity contribution in [3.8, 4) is 16.3 Å². The molecule has 0 spiro atoms. The summed E-state index contributed by atoms with van der Waals surface area (Å²) in [5.41, 5.74) is 3.55. The Morgan fingerprint density at radius 2 is 1.84 bits per heavy atom. The molecule has 3 rings (SSSR count). The van der Waals surface area contributed by atoms with E-state index < -0.39 is 0 Å². The summed E-state index contributed by atoms with van der Waals surface area (Å²) < 4.78 is 19.0. The van der Waals surface area contributed by atoms with Crippen LogP contribution in [0.2, 0.25) is 0 Å². The molecule has 2 aromatic carbocycles. The Hall–Kier alpha value is -2.20. The van der Waals surface area contributed by atoms with Gasteiger partial charge in [-0.05, 0) is 36.5 Å². The van der Waals surface area contributed by atoms with Crippen molar-refractivity contribution < 1.29 is 9.13 Å². The Balaban J connectivity index is 1.52. The minimum Gasteiger partial charge on any atom is -0.491 e. The number of halogens is 1. The number of thiazole rings is 1. The zero-order valence-electron chi connectivity index (χ0n) is 14.5. The summed E-state index contributed by atoms with van der Waals surface area (Å²) in [6.07, 6.45) is 1.64. The number of benzene rings is 2. The van der Waals surface area contributed by atoms with E-state index in [-0.39, 0.29) is 5.82 Å². The van der Waals surface area contributed by atoms with Crippen LogP contribution in [-0.4, -0.2) is 11.6 Å². The molecule has 130 valence electrons. The fourth-order valence-electron chi connectivity index (χ4n) is 2.56. The van der Waals surface area contributed by atoms with Crippen LogP contribution in [0.15, 0.2) is 53.9 Å². The summed E-state index contributed by atoms with van der Waals surface area (Å²) >= 11 is 1.66. The summed E-state index contributed by atoms with van der Waals surface area (Å²) in [7, 11) is 0. The maximum atomic E-state index is 13.5. The van der Waals surface area contributed by atoms with Gasteiger partial charge >= 0.3 is 0 Å². The van der Waals surface area contributed by atoms with E-state index in [1.165, 1.54) is 11.6 Å². The molecule has 1 aromatic heterocycles. The second-order valence-electron chi connectivity index (χ2n) is 6.30. The standard InChI is InChI=1S/C21H22FNOS/c1-15(2)16-9-11-17(12-10-16)21-23-18(14-25-21)6-5-13-24-20-8-4-3-7-19(20)22/h3-4,7-12,14-15H,5-6,13H2,1-2H3. The minimum atomic E-state index is -0.316. The van der Waals surface area contributed by atoms with Gasteiger partial charge in [0, 0.05) is 10.9 Å². The lowest BCUT2D eigenvalue weighted by Crippen LogP contribution is -2.01. The SMILES string of the molecule is CC(C)c1ccc(-c2nc(CCCOc3ccccc3F)cs2)cc1. The van der Waals surface area contributed by atoms with Crippen LogP contribution in [0, 0.1) is 5.82 Å². The summed E-state index contributed by atoms with van der Waals surface area (Å²) in [5, 5.41) is 3.13. The molecule has 1 heterocycles. The zero-order valence-corrected chi connectivity index (χ0v) is 15.4. The van der Waals surface area contributed by atoms with Gasteiger partial charge in [-0.1, -0.05) is 50.2 Å². The van der Waals surface area contributed by atoms with Crippen LogP contribution in [0.4, 0.5) is 4.39 Å². The molecule has 0 fully saturated rings. The van der Waals surface area contributed by atoms with E-state index in [9.17, 15) is 4.39 Å². The van der Waals surface area contributed by atoms with Crippen LogP contribution in [0.5, 0.6) is 5.75 Å². The second-order valence-corrected chi connectivity index (χ2v) is 7.16. The first-order valence-electron chi connectivity index (χ1n) is 8.55. The van der Waals surface area contributed by atoms with Crippen LogP contribution in [0.3, 0.4) is 0 Å². The molecule has 3 aromatic rings. The number of ether oxygens (including phenoxy) is 1. The number of rotatable bonds is 7. The molecule has 0 aliphatic carbocycles. The molecular formula is C21H22FNOS. The van der Waals surface area contributed by atoms with Gasteiger partial charge in [-0.3, -0.25) is 0 Å². The highest BCUT2D eigenvalue weighted by Gasteiger charge is 2.07. The van der Waals surface area contributed by atoms with Crippen molar-refractivity contribution in [2.24, 2.45) is 0 Å². The molecule has 0 aliphatic rings. The molecule has 0 N–H and O–H groups in total. The van der Waals surface area contributed by atoms with E-state index in [0.717, 1.165) is 29.1 Å². The number of aryl methyl sites for hydroxylation is 1. The number of hydrogen-bond donors (Lipinski definition) is 0. The average Bonchev–Trinajstić information content (AvgIpc) is 3.09. The Labute approximate surface area is 152 Å². The Kier molecular flexibility index (Phi) is 5.82. The second kappa shape index (κ2) is 8.26. The van der Waals surface area contributed by atoms with Gasteiger partial charge in [0.1, 0.15) is 5.01 Å². The van der Waals surface area contributed by atoms with E-state index in [0.29, 0.717) is 18.3 Å². The smallest absolute Gasteiger partial charge is 0.165 e. The first-order valence-corrected chi connectivity index (χ1v) is 9.43. The highest BCUT2D eigenvalue weighted by molar-refractivity contribution is 7.13. The molecule has 2 nitrogen and oxygen atoms in total. The molecule has 0 aliphatic heterocycles. The zero-order chi connectivity index (χ0) is 17.6. The third-order valence-electron chi connectivity index (χ3n) is 4.05. The van der Waals surface area contributed by atoms with Crippen molar-refractivity contribution in [2.75, 3.05) is 6.61 Å². The Bertz CT molecular complexity index is 811. The maximum Gasteiger partial charge on any atom is 0.165 e. The first-order chi connectivity index (χ1) is 12.1.